The van der Waals surface area contributed by atoms with Crippen molar-refractivity contribution in [2.24, 2.45) is 0 Å². The molecule has 7 aromatic carbocycles. The third kappa shape index (κ3) is 5.31. The Kier molecular flexibility index (Phi) is 7.46. The number of hydrogen-bond acceptors (Lipinski definition) is 2. The van der Waals surface area contributed by atoms with Crippen LogP contribution in [0.5, 0.6) is 0 Å². The molecule has 0 saturated heterocycles. The van der Waals surface area contributed by atoms with Gasteiger partial charge in [-0.1, -0.05) is 121 Å². The van der Waals surface area contributed by atoms with E-state index in [2.05, 4.69) is 191 Å². The van der Waals surface area contributed by atoms with Gasteiger partial charge in [-0.2, -0.15) is 0 Å². The molecule has 0 saturated carbocycles. The van der Waals surface area contributed by atoms with Crippen LogP contribution in [0, 0.1) is 0 Å². The Bertz CT molecular complexity index is 3160. The second-order valence-electron chi connectivity index (χ2n) is 14.3. The third-order valence-corrected chi connectivity index (χ3v) is 11.0. The third-order valence-electron chi connectivity index (χ3n) is 11.0. The van der Waals surface area contributed by atoms with Crippen molar-refractivity contribution in [2.75, 3.05) is 0 Å². The summed E-state index contributed by atoms with van der Waals surface area (Å²) < 4.78 is 4.71. The number of fused-ring (bicyclic) bond motifs is 6. The number of nitrogens with zero attached hydrogens (tertiary/aromatic N) is 4. The molecule has 11 rings (SSSR count). The molecule has 4 nitrogen and oxygen atoms in total. The number of hydrogen-bond donors (Lipinski definition) is 0. The molecule has 0 aliphatic rings. The average molecular weight is 715 g/mol. The van der Waals surface area contributed by atoms with E-state index >= 15 is 0 Å². The van der Waals surface area contributed by atoms with E-state index in [1.165, 1.54) is 32.9 Å². The molecule has 0 spiro atoms. The van der Waals surface area contributed by atoms with Gasteiger partial charge in [0.05, 0.1) is 39.0 Å². The van der Waals surface area contributed by atoms with Crippen LogP contribution in [0.2, 0.25) is 0 Å². The number of aromatic nitrogens is 4. The summed E-state index contributed by atoms with van der Waals surface area (Å²) >= 11 is 0. The van der Waals surface area contributed by atoms with Crippen LogP contribution in [0.1, 0.15) is 0 Å². The Balaban J connectivity index is 1.02. The smallest absolute Gasteiger partial charge is 0.0963 e. The maximum Gasteiger partial charge on any atom is 0.0963 e. The highest BCUT2D eigenvalue weighted by Crippen LogP contribution is 2.38. The Hall–Kier alpha value is -7.56. The van der Waals surface area contributed by atoms with E-state index in [1.54, 1.807) is 0 Å². The minimum absolute atomic E-state index is 0.960. The van der Waals surface area contributed by atoms with Gasteiger partial charge < -0.3 is 9.13 Å². The molecule has 11 aromatic rings. The number of para-hydroxylation sites is 2. The molecule has 0 bridgehead atoms. The van der Waals surface area contributed by atoms with Gasteiger partial charge in [0.25, 0.3) is 0 Å². The first-order chi connectivity index (χ1) is 27.8. The van der Waals surface area contributed by atoms with Crippen molar-refractivity contribution in [1.29, 1.82) is 0 Å². The zero-order valence-corrected chi connectivity index (χ0v) is 30.4. The van der Waals surface area contributed by atoms with Gasteiger partial charge >= 0.3 is 0 Å². The lowest BCUT2D eigenvalue weighted by Crippen LogP contribution is -1.95. The van der Waals surface area contributed by atoms with Crippen molar-refractivity contribution in [1.82, 2.24) is 19.1 Å². The van der Waals surface area contributed by atoms with E-state index in [1.807, 2.05) is 24.4 Å². The first kappa shape index (κ1) is 31.9. The molecule has 0 atom stereocenters. The SMILES string of the molecule is c1ccc(-c2cc(-c3ccc(-n4c5ccccc5c5cc(-c6ccc7c8ncccc8n(-c8ccccc8)c7c6)ccc54)cc3)cc(-c3ccccc3)n2)cc1. The van der Waals surface area contributed by atoms with E-state index in [9.17, 15) is 0 Å². The second-order valence-corrected chi connectivity index (χ2v) is 14.3. The molecule has 0 aliphatic carbocycles. The van der Waals surface area contributed by atoms with E-state index in [0.717, 1.165) is 67.0 Å². The molecular formula is C52H34N4. The monoisotopic (exact) mass is 714 g/mol. The van der Waals surface area contributed by atoms with E-state index < -0.39 is 0 Å². The normalized spacial score (nSPS) is 11.6. The van der Waals surface area contributed by atoms with Gasteiger partial charge in [0.1, 0.15) is 0 Å². The molecule has 0 amide bonds. The largest absolute Gasteiger partial charge is 0.309 e. The second kappa shape index (κ2) is 13.1. The Labute approximate surface area is 324 Å². The van der Waals surface area contributed by atoms with Crippen LogP contribution in [0.3, 0.4) is 0 Å². The molecule has 262 valence electrons. The maximum absolute atomic E-state index is 5.09. The van der Waals surface area contributed by atoms with Crippen LogP contribution in [-0.4, -0.2) is 19.1 Å². The lowest BCUT2D eigenvalue weighted by molar-refractivity contribution is 1.18. The Morgan fingerprint density at radius 2 is 0.857 bits per heavy atom. The van der Waals surface area contributed by atoms with E-state index in [4.69, 9.17) is 9.97 Å². The maximum atomic E-state index is 5.09. The van der Waals surface area contributed by atoms with Gasteiger partial charge in [0.2, 0.25) is 0 Å². The number of pyridine rings is 2. The number of rotatable bonds is 6. The van der Waals surface area contributed by atoms with Gasteiger partial charge in [-0.3, -0.25) is 4.98 Å². The fourth-order valence-electron chi connectivity index (χ4n) is 8.31. The van der Waals surface area contributed by atoms with Crippen molar-refractivity contribution in [2.45, 2.75) is 0 Å². The highest BCUT2D eigenvalue weighted by atomic mass is 15.0. The number of benzene rings is 7. The summed E-state index contributed by atoms with van der Waals surface area (Å²) in [5.41, 5.74) is 16.6. The van der Waals surface area contributed by atoms with Crippen LogP contribution < -0.4 is 0 Å². The molecule has 4 heterocycles. The molecule has 56 heavy (non-hydrogen) atoms. The van der Waals surface area contributed by atoms with Gasteiger partial charge in [-0.25, -0.2) is 4.98 Å². The summed E-state index contributed by atoms with van der Waals surface area (Å²) in [4.78, 5) is 9.88. The predicted octanol–water partition coefficient (Wildman–Crippen LogP) is 13.3. The van der Waals surface area contributed by atoms with Crippen LogP contribution in [0.15, 0.2) is 206 Å². The summed E-state index contributed by atoms with van der Waals surface area (Å²) in [6.45, 7) is 0. The summed E-state index contributed by atoms with van der Waals surface area (Å²) in [6.07, 6.45) is 1.88. The zero-order chi connectivity index (χ0) is 37.0. The summed E-state index contributed by atoms with van der Waals surface area (Å²) in [5.74, 6) is 0. The molecular weight excluding hydrogens is 681 g/mol. The standard InChI is InChI=1S/C52H34N4/c1-4-13-36(14-5-1)46-32-40(33-47(54-46)37-15-6-2-7-16-37)35-22-26-42(27-23-35)55-48-20-11-10-19-43(48)45-31-38(25-29-49(45)55)39-24-28-44-51(34-39)56(41-17-8-3-9-18-41)50-21-12-30-53-52(44)50/h1-34H. The zero-order valence-electron chi connectivity index (χ0n) is 30.4. The predicted molar refractivity (Wildman–Crippen MR) is 232 cm³/mol. The lowest BCUT2D eigenvalue weighted by atomic mass is 10.00. The summed E-state index contributed by atoms with van der Waals surface area (Å²) in [6, 6.07) is 71.3. The van der Waals surface area contributed by atoms with Gasteiger partial charge in [0, 0.05) is 44.9 Å². The minimum Gasteiger partial charge on any atom is -0.309 e. The first-order valence-electron chi connectivity index (χ1n) is 19.0. The molecule has 0 unspecified atom stereocenters. The summed E-state index contributed by atoms with van der Waals surface area (Å²) in [5, 5.41) is 3.60. The molecule has 4 heteroatoms. The lowest BCUT2D eigenvalue weighted by Gasteiger charge is -2.12. The van der Waals surface area contributed by atoms with Crippen LogP contribution in [0.25, 0.3) is 99.9 Å². The molecule has 4 aromatic heterocycles. The van der Waals surface area contributed by atoms with Crippen molar-refractivity contribution < 1.29 is 0 Å². The molecule has 0 fully saturated rings. The average Bonchev–Trinajstić information content (AvgIpc) is 3.79. The fourth-order valence-corrected chi connectivity index (χ4v) is 8.31. The van der Waals surface area contributed by atoms with Crippen LogP contribution in [-0.2, 0) is 0 Å². The fraction of sp³-hybridized carbons (Fsp3) is 0. The topological polar surface area (TPSA) is 35.6 Å². The van der Waals surface area contributed by atoms with Crippen molar-refractivity contribution >= 4 is 43.7 Å². The van der Waals surface area contributed by atoms with Crippen LogP contribution in [0.4, 0.5) is 0 Å². The molecule has 0 N–H and O–H groups in total. The highest BCUT2D eigenvalue weighted by molar-refractivity contribution is 6.11. The van der Waals surface area contributed by atoms with Crippen molar-refractivity contribution in [3.8, 4) is 56.1 Å². The van der Waals surface area contributed by atoms with Crippen LogP contribution >= 0.6 is 0 Å². The van der Waals surface area contributed by atoms with Gasteiger partial charge in [0.15, 0.2) is 0 Å². The summed E-state index contributed by atoms with van der Waals surface area (Å²) in [7, 11) is 0. The quantitative estimate of drug-likeness (QED) is 0.172. The highest BCUT2D eigenvalue weighted by Gasteiger charge is 2.17. The van der Waals surface area contributed by atoms with Crippen molar-refractivity contribution in [3.05, 3.63) is 206 Å². The molecule has 0 aliphatic heterocycles. The molecule has 0 radical (unpaired) electrons. The van der Waals surface area contributed by atoms with Crippen molar-refractivity contribution in [3.63, 3.8) is 0 Å². The Morgan fingerprint density at radius 1 is 0.304 bits per heavy atom. The first-order valence-corrected chi connectivity index (χ1v) is 19.0. The minimum atomic E-state index is 0.960. The van der Waals surface area contributed by atoms with E-state index in [-0.39, 0.29) is 0 Å². The van der Waals surface area contributed by atoms with Gasteiger partial charge in [-0.15, -0.1) is 0 Å². The Morgan fingerprint density at radius 3 is 1.59 bits per heavy atom. The van der Waals surface area contributed by atoms with E-state index in [0.29, 0.717) is 0 Å². The van der Waals surface area contributed by atoms with Gasteiger partial charge in [-0.05, 0) is 101 Å².